The standard InChI is InChI=1S/C20H15N5O3/c26-19(24-13-4-2-1-3-5-13)12-6-8-14(9-7-12)23-17-15-10-16(20(27)28)25-18(15)22-11-21-17/h1-11H,(H,24,26)(H,27,28)(H2,21,22,23,25). The molecule has 0 saturated carbocycles. The fourth-order valence-corrected chi connectivity index (χ4v) is 2.72. The van der Waals surface area contributed by atoms with Crippen LogP contribution in [-0.4, -0.2) is 31.9 Å². The quantitative estimate of drug-likeness (QED) is 0.424. The van der Waals surface area contributed by atoms with Crippen LogP contribution >= 0.6 is 0 Å². The molecule has 138 valence electrons. The van der Waals surface area contributed by atoms with E-state index >= 15 is 0 Å². The molecule has 0 aliphatic carbocycles. The Labute approximate surface area is 159 Å². The highest BCUT2D eigenvalue weighted by atomic mass is 16.4. The predicted octanol–water partition coefficient (Wildman–Crippen LogP) is 3.65. The number of aromatic amines is 1. The number of anilines is 3. The van der Waals surface area contributed by atoms with Gasteiger partial charge in [-0.2, -0.15) is 0 Å². The minimum absolute atomic E-state index is 0.0338. The van der Waals surface area contributed by atoms with Gasteiger partial charge in [-0.15, -0.1) is 0 Å². The lowest BCUT2D eigenvalue weighted by Crippen LogP contribution is -2.11. The number of para-hydroxylation sites is 1. The molecular formula is C20H15N5O3. The average molecular weight is 373 g/mol. The summed E-state index contributed by atoms with van der Waals surface area (Å²) in [7, 11) is 0. The van der Waals surface area contributed by atoms with Crippen LogP contribution in [-0.2, 0) is 0 Å². The molecule has 4 rings (SSSR count). The van der Waals surface area contributed by atoms with Gasteiger partial charge < -0.3 is 20.7 Å². The fourth-order valence-electron chi connectivity index (χ4n) is 2.72. The number of carbonyl (C=O) groups excluding carboxylic acids is 1. The Kier molecular flexibility index (Phi) is 4.43. The molecule has 0 aliphatic heterocycles. The zero-order valence-corrected chi connectivity index (χ0v) is 14.5. The van der Waals surface area contributed by atoms with Gasteiger partial charge >= 0.3 is 5.97 Å². The number of fused-ring (bicyclic) bond motifs is 1. The van der Waals surface area contributed by atoms with E-state index in [-0.39, 0.29) is 11.6 Å². The summed E-state index contributed by atoms with van der Waals surface area (Å²) in [5.41, 5.74) is 2.39. The molecule has 0 saturated heterocycles. The Bertz CT molecular complexity index is 1150. The maximum absolute atomic E-state index is 12.3. The minimum atomic E-state index is -1.07. The lowest BCUT2D eigenvalue weighted by atomic mass is 10.2. The molecule has 0 unspecified atom stereocenters. The van der Waals surface area contributed by atoms with Gasteiger partial charge in [0, 0.05) is 16.9 Å². The number of carboxylic acids is 1. The van der Waals surface area contributed by atoms with Crippen LogP contribution in [0.2, 0.25) is 0 Å². The Balaban J connectivity index is 1.53. The summed E-state index contributed by atoms with van der Waals surface area (Å²) in [4.78, 5) is 34.4. The van der Waals surface area contributed by atoms with Crippen LogP contribution in [0.25, 0.3) is 11.0 Å². The highest BCUT2D eigenvalue weighted by Crippen LogP contribution is 2.24. The molecule has 4 aromatic rings. The summed E-state index contributed by atoms with van der Waals surface area (Å²) in [6.45, 7) is 0. The predicted molar refractivity (Wildman–Crippen MR) is 105 cm³/mol. The molecule has 0 atom stereocenters. The van der Waals surface area contributed by atoms with E-state index in [0.717, 1.165) is 5.69 Å². The van der Waals surface area contributed by atoms with Crippen molar-refractivity contribution in [2.45, 2.75) is 0 Å². The lowest BCUT2D eigenvalue weighted by Gasteiger charge is -2.08. The number of carboxylic acid groups (broad SMARTS) is 1. The van der Waals surface area contributed by atoms with E-state index in [1.54, 1.807) is 24.3 Å². The van der Waals surface area contributed by atoms with Crippen LogP contribution in [0.4, 0.5) is 17.2 Å². The van der Waals surface area contributed by atoms with Crippen LogP contribution in [0, 0.1) is 0 Å². The van der Waals surface area contributed by atoms with Crippen molar-refractivity contribution < 1.29 is 14.7 Å². The molecule has 1 amide bonds. The maximum Gasteiger partial charge on any atom is 0.352 e. The van der Waals surface area contributed by atoms with E-state index in [9.17, 15) is 9.59 Å². The fraction of sp³-hybridized carbons (Fsp3) is 0. The first-order chi connectivity index (χ1) is 13.6. The molecule has 0 bridgehead atoms. The molecule has 2 heterocycles. The Morgan fingerprint density at radius 2 is 1.68 bits per heavy atom. The van der Waals surface area contributed by atoms with Crippen molar-refractivity contribution in [3.05, 3.63) is 78.2 Å². The third kappa shape index (κ3) is 3.51. The summed E-state index contributed by atoms with van der Waals surface area (Å²) < 4.78 is 0. The first-order valence-electron chi connectivity index (χ1n) is 8.40. The number of rotatable bonds is 5. The van der Waals surface area contributed by atoms with Crippen molar-refractivity contribution >= 4 is 40.1 Å². The van der Waals surface area contributed by atoms with Crippen molar-refractivity contribution in [2.24, 2.45) is 0 Å². The number of hydrogen-bond acceptors (Lipinski definition) is 5. The Morgan fingerprint density at radius 3 is 2.39 bits per heavy atom. The molecule has 0 spiro atoms. The second-order valence-corrected chi connectivity index (χ2v) is 6.00. The van der Waals surface area contributed by atoms with Gasteiger partial charge in [0.2, 0.25) is 0 Å². The highest BCUT2D eigenvalue weighted by Gasteiger charge is 2.12. The average Bonchev–Trinajstić information content (AvgIpc) is 3.15. The molecule has 0 aliphatic rings. The van der Waals surface area contributed by atoms with Crippen LogP contribution < -0.4 is 10.6 Å². The second kappa shape index (κ2) is 7.20. The van der Waals surface area contributed by atoms with Gasteiger partial charge in [0.15, 0.2) is 0 Å². The zero-order chi connectivity index (χ0) is 19.5. The molecule has 8 heteroatoms. The molecule has 8 nitrogen and oxygen atoms in total. The van der Waals surface area contributed by atoms with E-state index in [0.29, 0.717) is 28.1 Å². The van der Waals surface area contributed by atoms with E-state index in [2.05, 4.69) is 25.6 Å². The number of nitrogens with zero attached hydrogens (tertiary/aromatic N) is 2. The number of amides is 1. The zero-order valence-electron chi connectivity index (χ0n) is 14.5. The van der Waals surface area contributed by atoms with E-state index in [4.69, 9.17) is 5.11 Å². The molecule has 0 fully saturated rings. The van der Waals surface area contributed by atoms with Gasteiger partial charge in [0.25, 0.3) is 5.91 Å². The van der Waals surface area contributed by atoms with Crippen molar-refractivity contribution in [1.82, 2.24) is 15.0 Å². The van der Waals surface area contributed by atoms with Crippen molar-refractivity contribution in [3.63, 3.8) is 0 Å². The molecule has 2 aromatic heterocycles. The lowest BCUT2D eigenvalue weighted by molar-refractivity contribution is 0.0691. The van der Waals surface area contributed by atoms with Gasteiger partial charge in [-0.05, 0) is 42.5 Å². The number of carbonyl (C=O) groups is 2. The number of benzene rings is 2. The van der Waals surface area contributed by atoms with Gasteiger partial charge in [-0.3, -0.25) is 4.79 Å². The maximum atomic E-state index is 12.3. The van der Waals surface area contributed by atoms with Gasteiger partial charge in [0.1, 0.15) is 23.5 Å². The largest absolute Gasteiger partial charge is 0.477 e. The van der Waals surface area contributed by atoms with Crippen LogP contribution in [0.1, 0.15) is 20.8 Å². The molecule has 4 N–H and O–H groups in total. The third-order valence-corrected chi connectivity index (χ3v) is 4.10. The SMILES string of the molecule is O=C(Nc1ccccc1)c1ccc(Nc2ncnc3[nH]c(C(=O)O)cc23)cc1. The number of aromatic carboxylic acids is 1. The summed E-state index contributed by atoms with van der Waals surface area (Å²) in [5.74, 6) is -0.813. The topological polar surface area (TPSA) is 120 Å². The first kappa shape index (κ1) is 17.2. The normalized spacial score (nSPS) is 10.6. The Morgan fingerprint density at radius 1 is 0.929 bits per heavy atom. The Hall–Kier alpha value is -4.20. The second-order valence-electron chi connectivity index (χ2n) is 6.00. The van der Waals surface area contributed by atoms with Gasteiger partial charge in [-0.1, -0.05) is 18.2 Å². The summed E-state index contributed by atoms with van der Waals surface area (Å²) in [6, 6.07) is 17.6. The van der Waals surface area contributed by atoms with Gasteiger partial charge in [0.05, 0.1) is 5.39 Å². The van der Waals surface area contributed by atoms with Crippen molar-refractivity contribution in [1.29, 1.82) is 0 Å². The minimum Gasteiger partial charge on any atom is -0.477 e. The first-order valence-corrected chi connectivity index (χ1v) is 8.40. The molecule has 0 radical (unpaired) electrons. The van der Waals surface area contributed by atoms with E-state index in [1.165, 1.54) is 12.4 Å². The number of nitrogens with one attached hydrogen (secondary N) is 3. The summed E-state index contributed by atoms with van der Waals surface area (Å²) in [5, 5.41) is 15.6. The summed E-state index contributed by atoms with van der Waals surface area (Å²) >= 11 is 0. The van der Waals surface area contributed by atoms with E-state index < -0.39 is 5.97 Å². The van der Waals surface area contributed by atoms with E-state index in [1.807, 2.05) is 30.3 Å². The third-order valence-electron chi connectivity index (χ3n) is 4.10. The molecular weight excluding hydrogens is 358 g/mol. The molecule has 2 aromatic carbocycles. The van der Waals surface area contributed by atoms with Crippen molar-refractivity contribution in [3.8, 4) is 0 Å². The van der Waals surface area contributed by atoms with Crippen molar-refractivity contribution in [2.75, 3.05) is 10.6 Å². The number of H-pyrrole nitrogens is 1. The van der Waals surface area contributed by atoms with Crippen LogP contribution in [0.5, 0.6) is 0 Å². The van der Waals surface area contributed by atoms with Gasteiger partial charge in [-0.25, -0.2) is 14.8 Å². The highest BCUT2D eigenvalue weighted by molar-refractivity contribution is 6.04. The van der Waals surface area contributed by atoms with Crippen LogP contribution in [0.3, 0.4) is 0 Å². The number of hydrogen-bond donors (Lipinski definition) is 4. The smallest absolute Gasteiger partial charge is 0.352 e. The number of aromatic nitrogens is 3. The molecule has 28 heavy (non-hydrogen) atoms. The monoisotopic (exact) mass is 373 g/mol. The van der Waals surface area contributed by atoms with Crippen LogP contribution in [0.15, 0.2) is 67.0 Å². The summed E-state index contributed by atoms with van der Waals surface area (Å²) in [6.07, 6.45) is 1.34.